The average Bonchev–Trinajstić information content (AvgIpc) is 2.08. The van der Waals surface area contributed by atoms with Gasteiger partial charge in [0.05, 0.1) is 6.17 Å². The van der Waals surface area contributed by atoms with E-state index in [9.17, 15) is 4.79 Å². The molecule has 0 aromatic heterocycles. The van der Waals surface area contributed by atoms with Gasteiger partial charge in [-0.3, -0.25) is 0 Å². The van der Waals surface area contributed by atoms with Crippen LogP contribution in [-0.2, 0) is 0 Å². The smallest absolute Gasteiger partial charge is 0.320 e. The molecule has 0 aromatic rings. The maximum Gasteiger partial charge on any atom is 0.320 e. The summed E-state index contributed by atoms with van der Waals surface area (Å²) in [7, 11) is 1.82. The first kappa shape index (κ1) is 9.32. The van der Waals surface area contributed by atoms with E-state index >= 15 is 0 Å². The van der Waals surface area contributed by atoms with Crippen LogP contribution >= 0.6 is 0 Å². The van der Waals surface area contributed by atoms with Crippen LogP contribution in [0.3, 0.4) is 0 Å². The van der Waals surface area contributed by atoms with Gasteiger partial charge in [-0.05, 0) is 12.8 Å². The lowest BCUT2D eigenvalue weighted by molar-refractivity contribution is 0.118. The van der Waals surface area contributed by atoms with E-state index in [4.69, 9.17) is 5.73 Å². The zero-order chi connectivity index (χ0) is 9.14. The largest absolute Gasteiger partial charge is 0.328 e. The van der Waals surface area contributed by atoms with Crippen molar-refractivity contribution in [3.8, 4) is 0 Å². The van der Waals surface area contributed by atoms with Crippen LogP contribution in [0.1, 0.15) is 19.8 Å². The summed E-state index contributed by atoms with van der Waals surface area (Å²) in [5.41, 5.74) is 5.78. The Morgan fingerprint density at radius 1 is 1.58 bits per heavy atom. The highest BCUT2D eigenvalue weighted by Crippen LogP contribution is 2.09. The molecule has 0 radical (unpaired) electrons. The van der Waals surface area contributed by atoms with Gasteiger partial charge in [0, 0.05) is 20.1 Å². The summed E-state index contributed by atoms with van der Waals surface area (Å²) in [5, 5.41) is 0. The first-order valence-corrected chi connectivity index (χ1v) is 4.44. The summed E-state index contributed by atoms with van der Waals surface area (Å²) >= 11 is 0. The van der Waals surface area contributed by atoms with Gasteiger partial charge in [0.15, 0.2) is 0 Å². The van der Waals surface area contributed by atoms with Gasteiger partial charge in [-0.2, -0.15) is 0 Å². The van der Waals surface area contributed by atoms with Crippen LogP contribution in [-0.4, -0.2) is 42.1 Å². The van der Waals surface area contributed by atoms with Gasteiger partial charge in [-0.25, -0.2) is 4.79 Å². The van der Waals surface area contributed by atoms with Crippen LogP contribution in [0, 0.1) is 0 Å². The zero-order valence-electron chi connectivity index (χ0n) is 7.79. The first-order chi connectivity index (χ1) is 5.66. The summed E-state index contributed by atoms with van der Waals surface area (Å²) in [4.78, 5) is 15.0. The molecule has 2 amide bonds. The molecule has 0 bridgehead atoms. The average molecular weight is 171 g/mol. The highest BCUT2D eigenvalue weighted by molar-refractivity contribution is 5.75. The zero-order valence-corrected chi connectivity index (χ0v) is 7.79. The minimum Gasteiger partial charge on any atom is -0.328 e. The molecule has 4 heteroatoms. The summed E-state index contributed by atoms with van der Waals surface area (Å²) in [6.07, 6.45) is 1.73. The highest BCUT2D eigenvalue weighted by atomic mass is 16.2. The molecule has 0 aliphatic carbocycles. The molecule has 0 saturated carbocycles. The van der Waals surface area contributed by atoms with Crippen molar-refractivity contribution in [1.29, 1.82) is 0 Å². The maximum absolute atomic E-state index is 11.5. The van der Waals surface area contributed by atoms with E-state index in [1.54, 1.807) is 9.80 Å². The molecule has 1 heterocycles. The maximum atomic E-state index is 11.5. The Balaban J connectivity index is 2.57. The molecule has 2 N–H and O–H groups in total. The molecule has 1 aliphatic rings. The number of nitrogens with zero attached hydrogens (tertiary/aromatic N) is 2. The Bertz CT molecular complexity index is 172. The van der Waals surface area contributed by atoms with Crippen LogP contribution in [0.2, 0.25) is 0 Å². The predicted octanol–water partition coefficient (Wildman–Crippen LogP) is 0.439. The Labute approximate surface area is 73.3 Å². The van der Waals surface area contributed by atoms with E-state index in [0.717, 1.165) is 25.9 Å². The summed E-state index contributed by atoms with van der Waals surface area (Å²) < 4.78 is 0. The van der Waals surface area contributed by atoms with E-state index in [-0.39, 0.29) is 12.2 Å². The number of carbonyl (C=O) groups excluding carboxylic acids is 1. The van der Waals surface area contributed by atoms with Crippen molar-refractivity contribution in [2.75, 3.05) is 20.1 Å². The van der Waals surface area contributed by atoms with E-state index in [0.29, 0.717) is 0 Å². The number of hydrogen-bond acceptors (Lipinski definition) is 2. The Kier molecular flexibility index (Phi) is 2.92. The van der Waals surface area contributed by atoms with Crippen LogP contribution in [0.5, 0.6) is 0 Å². The molecule has 1 aliphatic heterocycles. The fourth-order valence-corrected chi connectivity index (χ4v) is 1.42. The van der Waals surface area contributed by atoms with Gasteiger partial charge in [-0.15, -0.1) is 0 Å². The molecule has 12 heavy (non-hydrogen) atoms. The second-order valence-corrected chi connectivity index (χ2v) is 3.23. The molecular formula is C8H17N3O. The molecule has 1 unspecified atom stereocenters. The number of nitrogens with two attached hydrogens (primary N) is 1. The quantitative estimate of drug-likeness (QED) is 0.655. The normalized spacial score (nSPS) is 21.4. The van der Waals surface area contributed by atoms with Crippen molar-refractivity contribution in [2.45, 2.75) is 25.9 Å². The minimum atomic E-state index is -0.111. The summed E-state index contributed by atoms with van der Waals surface area (Å²) in [6.45, 7) is 3.65. The lowest BCUT2D eigenvalue weighted by atomic mass is 10.2. The number of rotatable bonds is 2. The third kappa shape index (κ3) is 1.69. The Morgan fingerprint density at radius 2 is 2.25 bits per heavy atom. The minimum absolute atomic E-state index is 0.0654. The van der Waals surface area contributed by atoms with Crippen molar-refractivity contribution in [2.24, 2.45) is 5.73 Å². The molecule has 0 spiro atoms. The lowest BCUT2D eigenvalue weighted by Gasteiger charge is -2.36. The third-order valence-corrected chi connectivity index (χ3v) is 2.28. The van der Waals surface area contributed by atoms with Gasteiger partial charge in [0.1, 0.15) is 0 Å². The van der Waals surface area contributed by atoms with Gasteiger partial charge in [0.2, 0.25) is 0 Å². The highest BCUT2D eigenvalue weighted by Gasteiger charge is 2.25. The SMILES string of the molecule is CCC(N)N1CCCN(C)C1=O. The fraction of sp³-hybridized carbons (Fsp3) is 0.875. The van der Waals surface area contributed by atoms with Crippen molar-refractivity contribution < 1.29 is 4.79 Å². The molecule has 1 rings (SSSR count). The monoisotopic (exact) mass is 171 g/mol. The second kappa shape index (κ2) is 3.76. The molecule has 0 aromatic carbocycles. The van der Waals surface area contributed by atoms with Gasteiger partial charge >= 0.3 is 6.03 Å². The van der Waals surface area contributed by atoms with E-state index in [1.807, 2.05) is 14.0 Å². The van der Waals surface area contributed by atoms with Gasteiger partial charge in [0.25, 0.3) is 0 Å². The number of urea groups is 1. The van der Waals surface area contributed by atoms with Gasteiger partial charge < -0.3 is 15.5 Å². The molecule has 4 nitrogen and oxygen atoms in total. The van der Waals surface area contributed by atoms with Crippen LogP contribution in [0.4, 0.5) is 4.79 Å². The molecular weight excluding hydrogens is 154 g/mol. The number of carbonyl (C=O) groups is 1. The number of amides is 2. The standard InChI is InChI=1S/C8H17N3O/c1-3-7(9)11-6-4-5-10(2)8(11)12/h7H,3-6,9H2,1-2H3. The molecule has 1 fully saturated rings. The Morgan fingerprint density at radius 3 is 2.83 bits per heavy atom. The van der Waals surface area contributed by atoms with E-state index in [1.165, 1.54) is 0 Å². The van der Waals surface area contributed by atoms with Gasteiger partial charge in [-0.1, -0.05) is 6.92 Å². The summed E-state index contributed by atoms with van der Waals surface area (Å²) in [6, 6.07) is 0.0654. The van der Waals surface area contributed by atoms with Crippen LogP contribution < -0.4 is 5.73 Å². The molecule has 70 valence electrons. The van der Waals surface area contributed by atoms with Crippen molar-refractivity contribution in [3.05, 3.63) is 0 Å². The summed E-state index contributed by atoms with van der Waals surface area (Å²) in [5.74, 6) is 0. The fourth-order valence-electron chi connectivity index (χ4n) is 1.42. The van der Waals surface area contributed by atoms with Crippen molar-refractivity contribution >= 4 is 6.03 Å². The molecule has 1 atom stereocenters. The van der Waals surface area contributed by atoms with E-state index in [2.05, 4.69) is 0 Å². The lowest BCUT2D eigenvalue weighted by Crippen LogP contribution is -2.54. The first-order valence-electron chi connectivity index (χ1n) is 4.44. The van der Waals surface area contributed by atoms with Crippen molar-refractivity contribution in [1.82, 2.24) is 9.80 Å². The predicted molar refractivity (Wildman–Crippen MR) is 47.6 cm³/mol. The van der Waals surface area contributed by atoms with E-state index < -0.39 is 0 Å². The van der Waals surface area contributed by atoms with Crippen LogP contribution in [0.15, 0.2) is 0 Å². The van der Waals surface area contributed by atoms with Crippen molar-refractivity contribution in [3.63, 3.8) is 0 Å². The topological polar surface area (TPSA) is 49.6 Å². The second-order valence-electron chi connectivity index (χ2n) is 3.23. The number of hydrogen-bond donors (Lipinski definition) is 1. The van der Waals surface area contributed by atoms with Crippen LogP contribution in [0.25, 0.3) is 0 Å². The Hall–Kier alpha value is -0.770. The molecule has 1 saturated heterocycles. The third-order valence-electron chi connectivity index (χ3n) is 2.28.